The molecule has 100 valence electrons. The standard InChI is InChI=1S/C12H17NO4S/c1-12(2)16-7-8(17-12)6-13-11(14)10-9(15-3)4-5-18-10/h4-5,8H,6-7H2,1-3H3,(H,13,14). The Morgan fingerprint density at radius 2 is 2.44 bits per heavy atom. The van der Waals surface area contributed by atoms with Gasteiger partial charge in [0.25, 0.3) is 5.91 Å². The lowest BCUT2D eigenvalue weighted by molar-refractivity contribution is -0.137. The summed E-state index contributed by atoms with van der Waals surface area (Å²) < 4.78 is 16.1. The van der Waals surface area contributed by atoms with Crippen molar-refractivity contribution in [2.75, 3.05) is 20.3 Å². The van der Waals surface area contributed by atoms with E-state index in [1.165, 1.54) is 11.3 Å². The lowest BCUT2D eigenvalue weighted by Gasteiger charge is -2.17. The summed E-state index contributed by atoms with van der Waals surface area (Å²) in [5.41, 5.74) is 0. The Morgan fingerprint density at radius 3 is 3.06 bits per heavy atom. The van der Waals surface area contributed by atoms with Crippen molar-refractivity contribution in [3.63, 3.8) is 0 Å². The van der Waals surface area contributed by atoms with Gasteiger partial charge in [-0.1, -0.05) is 0 Å². The Morgan fingerprint density at radius 1 is 1.67 bits per heavy atom. The van der Waals surface area contributed by atoms with E-state index < -0.39 is 5.79 Å². The molecule has 1 aromatic rings. The van der Waals surface area contributed by atoms with Crippen molar-refractivity contribution in [3.8, 4) is 5.75 Å². The van der Waals surface area contributed by atoms with Gasteiger partial charge >= 0.3 is 0 Å². The van der Waals surface area contributed by atoms with Crippen LogP contribution >= 0.6 is 11.3 Å². The molecule has 1 aliphatic rings. The summed E-state index contributed by atoms with van der Waals surface area (Å²) in [5.74, 6) is -0.104. The summed E-state index contributed by atoms with van der Waals surface area (Å²) in [4.78, 5) is 12.5. The van der Waals surface area contributed by atoms with Crippen LogP contribution in [0.4, 0.5) is 0 Å². The van der Waals surface area contributed by atoms with E-state index in [1.54, 1.807) is 13.2 Å². The molecule has 0 aliphatic carbocycles. The summed E-state index contributed by atoms with van der Waals surface area (Å²) in [6.07, 6.45) is -0.102. The van der Waals surface area contributed by atoms with E-state index >= 15 is 0 Å². The van der Waals surface area contributed by atoms with Crippen molar-refractivity contribution in [1.82, 2.24) is 5.32 Å². The van der Waals surface area contributed by atoms with Crippen LogP contribution < -0.4 is 10.1 Å². The molecular formula is C12H17NO4S. The highest BCUT2D eigenvalue weighted by Crippen LogP contribution is 2.25. The molecule has 1 unspecified atom stereocenters. The number of rotatable bonds is 4. The molecular weight excluding hydrogens is 254 g/mol. The van der Waals surface area contributed by atoms with Crippen LogP contribution in [0, 0.1) is 0 Å². The molecule has 0 saturated carbocycles. The molecule has 2 heterocycles. The van der Waals surface area contributed by atoms with Crippen LogP contribution in [-0.2, 0) is 9.47 Å². The normalized spacial score (nSPS) is 21.8. The van der Waals surface area contributed by atoms with Crippen molar-refractivity contribution in [2.45, 2.75) is 25.7 Å². The third-order valence-corrected chi connectivity index (χ3v) is 3.51. The van der Waals surface area contributed by atoms with Gasteiger partial charge < -0.3 is 19.5 Å². The van der Waals surface area contributed by atoms with Gasteiger partial charge in [0, 0.05) is 6.54 Å². The van der Waals surface area contributed by atoms with Crippen LogP contribution in [0.15, 0.2) is 11.4 Å². The summed E-state index contributed by atoms with van der Waals surface area (Å²) in [6, 6.07) is 1.78. The number of hydrogen-bond donors (Lipinski definition) is 1. The Labute approximate surface area is 110 Å². The van der Waals surface area contributed by atoms with Crippen LogP contribution in [0.2, 0.25) is 0 Å². The third-order valence-electron chi connectivity index (χ3n) is 2.61. The lowest BCUT2D eigenvalue weighted by atomic mass is 10.3. The van der Waals surface area contributed by atoms with Gasteiger partial charge in [0.2, 0.25) is 0 Å². The highest BCUT2D eigenvalue weighted by Gasteiger charge is 2.32. The number of amides is 1. The van der Waals surface area contributed by atoms with E-state index in [2.05, 4.69) is 5.32 Å². The van der Waals surface area contributed by atoms with E-state index in [0.29, 0.717) is 23.8 Å². The molecule has 1 saturated heterocycles. The number of methoxy groups -OCH3 is 1. The molecule has 0 aromatic carbocycles. The minimum atomic E-state index is -0.560. The third kappa shape index (κ3) is 3.01. The Hall–Kier alpha value is -1.11. The zero-order valence-corrected chi connectivity index (χ0v) is 11.5. The zero-order valence-electron chi connectivity index (χ0n) is 10.7. The van der Waals surface area contributed by atoms with Gasteiger partial charge in [0.1, 0.15) is 16.7 Å². The molecule has 1 aromatic heterocycles. The number of hydrogen-bond acceptors (Lipinski definition) is 5. The molecule has 1 amide bonds. The van der Waals surface area contributed by atoms with Gasteiger partial charge in [0.15, 0.2) is 5.79 Å². The van der Waals surface area contributed by atoms with Gasteiger partial charge in [0.05, 0.1) is 13.7 Å². The Bertz CT molecular complexity index is 429. The first kappa shape index (κ1) is 13.3. The maximum absolute atomic E-state index is 11.9. The number of thiophene rings is 1. The average molecular weight is 271 g/mol. The predicted octanol–water partition coefficient (Wildman–Crippen LogP) is 1.64. The van der Waals surface area contributed by atoms with Crippen LogP contribution in [-0.4, -0.2) is 38.1 Å². The highest BCUT2D eigenvalue weighted by molar-refractivity contribution is 7.12. The topological polar surface area (TPSA) is 56.8 Å². The monoisotopic (exact) mass is 271 g/mol. The van der Waals surface area contributed by atoms with Gasteiger partial charge in [-0.25, -0.2) is 0 Å². The fourth-order valence-electron chi connectivity index (χ4n) is 1.77. The Balaban J connectivity index is 1.86. The zero-order chi connectivity index (χ0) is 13.2. The molecule has 5 nitrogen and oxygen atoms in total. The van der Waals surface area contributed by atoms with Crippen molar-refractivity contribution in [3.05, 3.63) is 16.3 Å². The minimum Gasteiger partial charge on any atom is -0.495 e. The molecule has 18 heavy (non-hydrogen) atoms. The maximum Gasteiger partial charge on any atom is 0.265 e. The quantitative estimate of drug-likeness (QED) is 0.904. The predicted molar refractivity (Wildman–Crippen MR) is 68.1 cm³/mol. The molecule has 6 heteroatoms. The van der Waals surface area contributed by atoms with E-state index in [4.69, 9.17) is 14.2 Å². The van der Waals surface area contributed by atoms with Gasteiger partial charge in [-0.05, 0) is 25.3 Å². The van der Waals surface area contributed by atoms with E-state index in [1.807, 2.05) is 19.2 Å². The molecule has 0 spiro atoms. The van der Waals surface area contributed by atoms with Crippen molar-refractivity contribution >= 4 is 17.2 Å². The number of ether oxygens (including phenoxy) is 3. The number of nitrogens with one attached hydrogen (secondary N) is 1. The van der Waals surface area contributed by atoms with E-state index in [0.717, 1.165) is 0 Å². The second-order valence-electron chi connectivity index (χ2n) is 4.48. The summed E-state index contributed by atoms with van der Waals surface area (Å²) >= 11 is 1.36. The second kappa shape index (κ2) is 5.26. The van der Waals surface area contributed by atoms with Gasteiger partial charge in [-0.3, -0.25) is 4.79 Å². The second-order valence-corrected chi connectivity index (χ2v) is 5.39. The Kier molecular flexibility index (Phi) is 3.89. The molecule has 0 bridgehead atoms. The van der Waals surface area contributed by atoms with E-state index in [9.17, 15) is 4.79 Å². The minimum absolute atomic E-state index is 0.102. The number of carbonyl (C=O) groups is 1. The molecule has 1 fully saturated rings. The van der Waals surface area contributed by atoms with Crippen molar-refractivity contribution in [2.24, 2.45) is 0 Å². The molecule has 0 radical (unpaired) electrons. The first-order valence-corrected chi connectivity index (χ1v) is 6.61. The largest absolute Gasteiger partial charge is 0.495 e. The smallest absolute Gasteiger partial charge is 0.265 e. The molecule has 1 atom stereocenters. The summed E-state index contributed by atoms with van der Waals surface area (Å²) in [6.45, 7) is 4.65. The maximum atomic E-state index is 11.9. The van der Waals surface area contributed by atoms with E-state index in [-0.39, 0.29) is 12.0 Å². The van der Waals surface area contributed by atoms with Crippen LogP contribution in [0.25, 0.3) is 0 Å². The first-order valence-electron chi connectivity index (χ1n) is 5.73. The summed E-state index contributed by atoms with van der Waals surface area (Å²) in [5, 5.41) is 4.65. The fourth-order valence-corrected chi connectivity index (χ4v) is 2.55. The van der Waals surface area contributed by atoms with Crippen LogP contribution in [0.3, 0.4) is 0 Å². The van der Waals surface area contributed by atoms with Crippen molar-refractivity contribution in [1.29, 1.82) is 0 Å². The van der Waals surface area contributed by atoms with Gasteiger partial charge in [-0.2, -0.15) is 0 Å². The average Bonchev–Trinajstić information content (AvgIpc) is 2.92. The molecule has 2 rings (SSSR count). The fraction of sp³-hybridized carbons (Fsp3) is 0.583. The van der Waals surface area contributed by atoms with Crippen LogP contribution in [0.5, 0.6) is 5.75 Å². The van der Waals surface area contributed by atoms with Crippen LogP contribution in [0.1, 0.15) is 23.5 Å². The first-order chi connectivity index (χ1) is 8.52. The number of carbonyl (C=O) groups excluding carboxylic acids is 1. The molecule has 1 aliphatic heterocycles. The highest BCUT2D eigenvalue weighted by atomic mass is 32.1. The molecule has 1 N–H and O–H groups in total. The SMILES string of the molecule is COc1ccsc1C(=O)NCC1COC(C)(C)O1. The van der Waals surface area contributed by atoms with Crippen molar-refractivity contribution < 1.29 is 19.0 Å². The lowest BCUT2D eigenvalue weighted by Crippen LogP contribution is -2.34. The summed E-state index contributed by atoms with van der Waals surface area (Å²) in [7, 11) is 1.55. The van der Waals surface area contributed by atoms with Gasteiger partial charge in [-0.15, -0.1) is 11.3 Å².